The number of hydrogen-bond acceptors (Lipinski definition) is 6. The van der Waals surface area contributed by atoms with Crippen molar-refractivity contribution in [3.05, 3.63) is 64.7 Å². The first-order valence-corrected chi connectivity index (χ1v) is 12.5. The van der Waals surface area contributed by atoms with Crippen molar-refractivity contribution >= 4 is 34.7 Å². The van der Waals surface area contributed by atoms with E-state index in [-0.39, 0.29) is 34.8 Å². The number of aromatic nitrogens is 1. The molecule has 1 aromatic heterocycles. The summed E-state index contributed by atoms with van der Waals surface area (Å²) < 4.78 is 43.6. The molecule has 0 saturated carbocycles. The highest BCUT2D eigenvalue weighted by atomic mass is 32.2. The average molecular weight is 514 g/mol. The predicted molar refractivity (Wildman–Crippen MR) is 135 cm³/mol. The lowest BCUT2D eigenvalue weighted by Crippen LogP contribution is -2.39. The van der Waals surface area contributed by atoms with E-state index in [0.717, 1.165) is 11.8 Å². The summed E-state index contributed by atoms with van der Waals surface area (Å²) in [6.45, 7) is 4.05. The molecule has 0 unspecified atom stereocenters. The van der Waals surface area contributed by atoms with E-state index in [1.165, 1.54) is 47.5 Å². The normalized spacial score (nSPS) is 26.8. The largest absolute Gasteiger partial charge is 0.378 e. The zero-order chi connectivity index (χ0) is 26.0. The number of alkyl halides is 1. The van der Waals surface area contributed by atoms with Crippen molar-refractivity contribution in [3.63, 3.8) is 0 Å². The van der Waals surface area contributed by atoms with E-state index in [2.05, 4.69) is 9.98 Å². The minimum absolute atomic E-state index is 0.0476. The zero-order valence-corrected chi connectivity index (χ0v) is 20.7. The van der Waals surface area contributed by atoms with Crippen LogP contribution in [0.25, 0.3) is 11.9 Å². The molecule has 0 spiro atoms. The first kappa shape index (κ1) is 25.8. The third-order valence-electron chi connectivity index (χ3n) is 6.82. The highest BCUT2D eigenvalue weighted by molar-refractivity contribution is 8.14. The quantitative estimate of drug-likeness (QED) is 0.634. The van der Waals surface area contributed by atoms with E-state index in [1.54, 1.807) is 6.92 Å². The van der Waals surface area contributed by atoms with Crippen LogP contribution in [0, 0.1) is 23.1 Å². The number of nitrogens with two attached hydrogens (primary N) is 1. The predicted octanol–water partition coefficient (Wildman–Crippen LogP) is 4.80. The molecule has 188 valence electrons. The lowest BCUT2D eigenvalue weighted by atomic mass is 9.78. The number of likely N-dealkylation sites (tertiary alicyclic amines) is 1. The number of halogens is 3. The van der Waals surface area contributed by atoms with Gasteiger partial charge >= 0.3 is 0 Å². The number of amides is 1. The van der Waals surface area contributed by atoms with Gasteiger partial charge in [-0.05, 0) is 61.6 Å². The molecule has 1 saturated heterocycles. The summed E-state index contributed by atoms with van der Waals surface area (Å²) in [5, 5.41) is 8.48. The number of pyridine rings is 1. The fourth-order valence-corrected chi connectivity index (χ4v) is 5.72. The van der Waals surface area contributed by atoms with E-state index < -0.39 is 28.6 Å². The molecule has 1 amide bonds. The fraction of sp³-hybridized carbons (Fsp3) is 0.385. The summed E-state index contributed by atoms with van der Waals surface area (Å²) in [4.78, 5) is 23.1. The first-order chi connectivity index (χ1) is 17.1. The van der Waals surface area contributed by atoms with Crippen molar-refractivity contribution in [1.29, 1.82) is 5.26 Å². The van der Waals surface area contributed by atoms with Crippen LogP contribution in [0.1, 0.15) is 49.1 Å². The second-order valence-corrected chi connectivity index (χ2v) is 10.5. The molecule has 1 aromatic carbocycles. The fourth-order valence-electron chi connectivity index (χ4n) is 4.55. The van der Waals surface area contributed by atoms with Crippen LogP contribution in [0.2, 0.25) is 0 Å². The Hall–Kier alpha value is -3.32. The van der Waals surface area contributed by atoms with Gasteiger partial charge in [-0.2, -0.15) is 5.26 Å². The van der Waals surface area contributed by atoms with Crippen molar-refractivity contribution in [2.24, 2.45) is 16.6 Å². The van der Waals surface area contributed by atoms with Gasteiger partial charge in [0.1, 0.15) is 23.9 Å². The Kier molecular flexibility index (Phi) is 7.41. The Morgan fingerprint density at radius 3 is 2.78 bits per heavy atom. The number of nitriles is 1. The summed E-state index contributed by atoms with van der Waals surface area (Å²) in [7, 11) is 0. The maximum Gasteiger partial charge on any atom is 0.236 e. The molecule has 3 heterocycles. The molecule has 1 fully saturated rings. The number of carbonyl (C=O) groups excluding carboxylic acids is 1. The maximum atomic E-state index is 15.1. The average Bonchev–Trinajstić information content (AvgIpc) is 3.25. The molecule has 4 rings (SSSR count). The zero-order valence-electron chi connectivity index (χ0n) is 19.9. The summed E-state index contributed by atoms with van der Waals surface area (Å²) in [5.41, 5.74) is 6.04. The van der Waals surface area contributed by atoms with Crippen molar-refractivity contribution in [2.45, 2.75) is 43.6 Å². The van der Waals surface area contributed by atoms with Crippen LogP contribution in [0.5, 0.6) is 0 Å². The van der Waals surface area contributed by atoms with Gasteiger partial charge < -0.3 is 10.6 Å². The number of benzene rings is 1. The van der Waals surface area contributed by atoms with Crippen LogP contribution in [-0.4, -0.2) is 45.5 Å². The summed E-state index contributed by atoms with van der Waals surface area (Å²) in [6.07, 6.45) is 2.16. The maximum absolute atomic E-state index is 15.1. The van der Waals surface area contributed by atoms with E-state index in [4.69, 9.17) is 11.0 Å². The monoisotopic (exact) mass is 513 g/mol. The van der Waals surface area contributed by atoms with Crippen LogP contribution >= 0.6 is 11.8 Å². The Morgan fingerprint density at radius 2 is 2.14 bits per heavy atom. The van der Waals surface area contributed by atoms with Crippen molar-refractivity contribution < 1.29 is 18.0 Å². The van der Waals surface area contributed by atoms with Gasteiger partial charge in [-0.15, -0.1) is 0 Å². The molecule has 2 aromatic rings. The third-order valence-corrected chi connectivity index (χ3v) is 7.83. The van der Waals surface area contributed by atoms with E-state index in [9.17, 15) is 13.6 Å². The van der Waals surface area contributed by atoms with Crippen LogP contribution in [0.4, 0.5) is 13.2 Å². The molecule has 0 aliphatic carbocycles. The van der Waals surface area contributed by atoms with Crippen LogP contribution in [0.15, 0.2) is 41.5 Å². The minimum Gasteiger partial charge on any atom is -0.378 e. The van der Waals surface area contributed by atoms with Crippen LogP contribution < -0.4 is 5.73 Å². The smallest absolute Gasteiger partial charge is 0.236 e. The molecule has 0 radical (unpaired) electrons. The third kappa shape index (κ3) is 5.26. The van der Waals surface area contributed by atoms with Crippen LogP contribution in [-0.2, 0) is 10.3 Å². The van der Waals surface area contributed by atoms with Gasteiger partial charge in [-0.1, -0.05) is 24.8 Å². The number of aliphatic imine (C=N–C) groups is 1. The Morgan fingerprint density at radius 1 is 1.36 bits per heavy atom. The van der Waals surface area contributed by atoms with E-state index >= 15 is 4.39 Å². The van der Waals surface area contributed by atoms with Gasteiger partial charge in [0.05, 0.1) is 28.6 Å². The molecule has 2 N–H and O–H groups in total. The molecular formula is C26H26F3N5OS. The highest BCUT2D eigenvalue weighted by Gasteiger charge is 2.42. The van der Waals surface area contributed by atoms with E-state index in [0.29, 0.717) is 30.5 Å². The summed E-state index contributed by atoms with van der Waals surface area (Å²) >= 11 is 1.11. The van der Waals surface area contributed by atoms with Gasteiger partial charge in [0, 0.05) is 18.3 Å². The van der Waals surface area contributed by atoms with Gasteiger partial charge in [0.15, 0.2) is 5.17 Å². The molecule has 6 nitrogen and oxygen atoms in total. The second-order valence-electron chi connectivity index (χ2n) is 9.29. The van der Waals surface area contributed by atoms with Gasteiger partial charge in [-0.3, -0.25) is 14.8 Å². The number of amidine groups is 1. The molecule has 10 heteroatoms. The van der Waals surface area contributed by atoms with Crippen molar-refractivity contribution in [2.75, 3.05) is 13.1 Å². The van der Waals surface area contributed by atoms with Gasteiger partial charge in [0.2, 0.25) is 5.91 Å². The number of hydrogen-bond donors (Lipinski definition) is 1. The van der Waals surface area contributed by atoms with Crippen LogP contribution in [0.3, 0.4) is 0 Å². The van der Waals surface area contributed by atoms with E-state index in [1.807, 2.05) is 13.0 Å². The highest BCUT2D eigenvalue weighted by Crippen LogP contribution is 2.43. The first-order valence-electron chi connectivity index (χ1n) is 11.6. The summed E-state index contributed by atoms with van der Waals surface area (Å²) in [6, 6.07) is 9.00. The second kappa shape index (κ2) is 10.3. The number of rotatable bonds is 4. The van der Waals surface area contributed by atoms with Crippen molar-refractivity contribution in [3.8, 4) is 6.07 Å². The molecule has 36 heavy (non-hydrogen) atoms. The molecule has 2 aliphatic heterocycles. The molecule has 4 atom stereocenters. The standard InChI is InChI=1S/C26H26F3N5OS/c1-15-9-23(24(35)34-8-7-18(27)14-34)36-25(31)33-26(15,2)19-10-16(3-5-20(19)28)11-21(29)22-6-4-17(12-30)13-32-22/h3-6,10-11,13,15,18,23H,7-9,14H2,1-2H3,(H2,31,33)/b21-11-/t15-,18-,23+,26-/m0/s1. The lowest BCUT2D eigenvalue weighted by molar-refractivity contribution is -0.130. The number of thioether (sulfide) groups is 1. The topological polar surface area (TPSA) is 95.4 Å². The Balaban J connectivity index is 1.62. The lowest BCUT2D eigenvalue weighted by Gasteiger charge is -2.33. The summed E-state index contributed by atoms with van der Waals surface area (Å²) in [5.74, 6) is -1.66. The SMILES string of the molecule is C[C@H]1C[C@H](C(=O)N2CC[C@H](F)C2)SC(N)=N[C@]1(C)c1cc(/C=C(\F)c2ccc(C#N)cn2)ccc1F. The molecule has 0 bridgehead atoms. The van der Waals surface area contributed by atoms with Crippen molar-refractivity contribution in [1.82, 2.24) is 9.88 Å². The number of carbonyl (C=O) groups is 1. The van der Waals surface area contributed by atoms with Gasteiger partial charge in [0.25, 0.3) is 0 Å². The Labute approximate surface area is 212 Å². The number of nitrogens with zero attached hydrogens (tertiary/aromatic N) is 4. The minimum atomic E-state index is -1.11. The van der Waals surface area contributed by atoms with Gasteiger partial charge in [-0.25, -0.2) is 13.2 Å². The Bertz CT molecular complexity index is 1260. The molecule has 2 aliphatic rings. The molecular weight excluding hydrogens is 487 g/mol.